The number of nitrogens with one attached hydrogen (secondary N) is 1. The topological polar surface area (TPSA) is 42.0 Å². The minimum absolute atomic E-state index is 0.00387. The molecule has 5 heteroatoms. The number of thiazole rings is 1. The Morgan fingerprint density at radius 1 is 1.59 bits per heavy atom. The van der Waals surface area contributed by atoms with Crippen LogP contribution in [0.2, 0.25) is 0 Å². The number of aryl methyl sites for hydroxylation is 1. The maximum atomic E-state index is 11.8. The molecule has 0 radical (unpaired) electrons. The van der Waals surface area contributed by atoms with Crippen molar-refractivity contribution in [2.45, 2.75) is 26.2 Å². The quantitative estimate of drug-likeness (QED) is 0.857. The molecule has 1 fully saturated rings. The van der Waals surface area contributed by atoms with Gasteiger partial charge in [0.25, 0.3) is 5.91 Å². The third kappa shape index (κ3) is 3.19. The molecular weight excluding hydrogens is 256 g/mol. The van der Waals surface area contributed by atoms with Gasteiger partial charge in [-0.2, -0.15) is 0 Å². The Morgan fingerprint density at radius 3 is 3.00 bits per heavy atom. The number of carbonyl (C=O) groups is 1. The maximum absolute atomic E-state index is 11.8. The molecule has 1 saturated carbocycles. The summed E-state index contributed by atoms with van der Waals surface area (Å²) in [6.45, 7) is 2.65. The van der Waals surface area contributed by atoms with Crippen LogP contribution in [0, 0.1) is 18.8 Å². The highest BCUT2D eigenvalue weighted by molar-refractivity contribution is 7.13. The first-order chi connectivity index (χ1) is 8.20. The van der Waals surface area contributed by atoms with Crippen LogP contribution in [0.1, 0.15) is 33.9 Å². The summed E-state index contributed by atoms with van der Waals surface area (Å²) in [5.74, 6) is 1.82. The molecule has 2 atom stereocenters. The largest absolute Gasteiger partial charge is 0.351 e. The van der Waals surface area contributed by atoms with Gasteiger partial charge in [0.1, 0.15) is 4.88 Å². The van der Waals surface area contributed by atoms with Crippen molar-refractivity contribution in [1.29, 1.82) is 0 Å². The van der Waals surface area contributed by atoms with Gasteiger partial charge in [-0.1, -0.05) is 6.42 Å². The smallest absolute Gasteiger partial charge is 0.263 e. The van der Waals surface area contributed by atoms with E-state index in [0.717, 1.165) is 11.6 Å². The van der Waals surface area contributed by atoms with Crippen molar-refractivity contribution in [3.8, 4) is 0 Å². The Bertz CT molecular complexity index is 394. The van der Waals surface area contributed by atoms with Gasteiger partial charge in [-0.05, 0) is 31.6 Å². The van der Waals surface area contributed by atoms with E-state index in [1.54, 1.807) is 6.20 Å². The fourth-order valence-electron chi connectivity index (χ4n) is 2.36. The fourth-order valence-corrected chi connectivity index (χ4v) is 3.46. The predicted octanol–water partition coefficient (Wildman–Crippen LogP) is 2.84. The van der Waals surface area contributed by atoms with Crippen LogP contribution in [0.15, 0.2) is 6.20 Å². The van der Waals surface area contributed by atoms with Gasteiger partial charge in [0.2, 0.25) is 0 Å². The molecule has 1 aromatic rings. The molecule has 2 unspecified atom stereocenters. The zero-order valence-corrected chi connectivity index (χ0v) is 11.5. The first-order valence-electron chi connectivity index (χ1n) is 5.97. The summed E-state index contributed by atoms with van der Waals surface area (Å²) in [6.07, 6.45) is 5.25. The number of aromatic nitrogens is 1. The average molecular weight is 273 g/mol. The fraction of sp³-hybridized carbons (Fsp3) is 0.667. The molecule has 94 valence electrons. The van der Waals surface area contributed by atoms with Crippen molar-refractivity contribution in [3.63, 3.8) is 0 Å². The molecule has 1 aliphatic carbocycles. The van der Waals surface area contributed by atoms with Gasteiger partial charge in [0.15, 0.2) is 0 Å². The van der Waals surface area contributed by atoms with Gasteiger partial charge >= 0.3 is 0 Å². The lowest BCUT2D eigenvalue weighted by molar-refractivity contribution is 0.0948. The molecule has 0 bridgehead atoms. The molecule has 2 rings (SSSR count). The molecule has 1 aromatic heterocycles. The Kier molecular flexibility index (Phi) is 4.40. The third-order valence-corrected chi connectivity index (χ3v) is 4.69. The zero-order valence-electron chi connectivity index (χ0n) is 9.91. The van der Waals surface area contributed by atoms with E-state index in [4.69, 9.17) is 11.6 Å². The van der Waals surface area contributed by atoms with E-state index in [2.05, 4.69) is 10.3 Å². The summed E-state index contributed by atoms with van der Waals surface area (Å²) in [6, 6.07) is 0. The predicted molar refractivity (Wildman–Crippen MR) is 70.7 cm³/mol. The second-order valence-electron chi connectivity index (χ2n) is 4.56. The maximum Gasteiger partial charge on any atom is 0.263 e. The number of rotatable bonds is 4. The van der Waals surface area contributed by atoms with Crippen LogP contribution in [0.4, 0.5) is 0 Å². The Labute approximate surface area is 111 Å². The minimum Gasteiger partial charge on any atom is -0.351 e. The van der Waals surface area contributed by atoms with Crippen LogP contribution in [-0.4, -0.2) is 23.3 Å². The van der Waals surface area contributed by atoms with E-state index in [0.29, 0.717) is 22.6 Å². The lowest BCUT2D eigenvalue weighted by Gasteiger charge is -2.17. The molecular formula is C12H17ClN2OS. The normalized spacial score (nSPS) is 23.9. The zero-order chi connectivity index (χ0) is 12.3. The second kappa shape index (κ2) is 5.83. The number of halogens is 1. The van der Waals surface area contributed by atoms with E-state index in [-0.39, 0.29) is 5.91 Å². The number of nitrogens with zero attached hydrogens (tertiary/aromatic N) is 1. The lowest BCUT2D eigenvalue weighted by atomic mass is 9.98. The molecule has 1 heterocycles. The van der Waals surface area contributed by atoms with Crippen LogP contribution in [0.5, 0.6) is 0 Å². The summed E-state index contributed by atoms with van der Waals surface area (Å²) < 4.78 is 0. The van der Waals surface area contributed by atoms with E-state index in [9.17, 15) is 4.79 Å². The van der Waals surface area contributed by atoms with Crippen LogP contribution < -0.4 is 5.32 Å². The van der Waals surface area contributed by atoms with Gasteiger partial charge in [0.05, 0.1) is 11.2 Å². The van der Waals surface area contributed by atoms with Crippen LogP contribution in [0.3, 0.4) is 0 Å². The summed E-state index contributed by atoms with van der Waals surface area (Å²) in [5.41, 5.74) is 0. The van der Waals surface area contributed by atoms with Crippen molar-refractivity contribution in [1.82, 2.24) is 10.3 Å². The monoisotopic (exact) mass is 272 g/mol. The van der Waals surface area contributed by atoms with E-state index >= 15 is 0 Å². The number of amides is 1. The van der Waals surface area contributed by atoms with Gasteiger partial charge in [-0.15, -0.1) is 22.9 Å². The molecule has 1 N–H and O–H groups in total. The molecule has 3 nitrogen and oxygen atoms in total. The molecule has 17 heavy (non-hydrogen) atoms. The van der Waals surface area contributed by atoms with Crippen molar-refractivity contribution in [2.75, 3.05) is 12.4 Å². The summed E-state index contributed by atoms with van der Waals surface area (Å²) in [7, 11) is 0. The Balaban J connectivity index is 1.84. The van der Waals surface area contributed by atoms with Crippen molar-refractivity contribution in [3.05, 3.63) is 16.1 Å². The van der Waals surface area contributed by atoms with Crippen LogP contribution in [-0.2, 0) is 0 Å². The lowest BCUT2D eigenvalue weighted by Crippen LogP contribution is -2.30. The number of carbonyl (C=O) groups excluding carboxylic acids is 1. The first kappa shape index (κ1) is 12.8. The highest BCUT2D eigenvalue weighted by atomic mass is 35.5. The summed E-state index contributed by atoms with van der Waals surface area (Å²) in [5, 5.41) is 3.92. The van der Waals surface area contributed by atoms with Gasteiger partial charge in [-0.3, -0.25) is 4.79 Å². The summed E-state index contributed by atoms with van der Waals surface area (Å²) >= 11 is 7.35. The van der Waals surface area contributed by atoms with Gasteiger partial charge in [0, 0.05) is 12.4 Å². The number of hydrogen-bond acceptors (Lipinski definition) is 3. The Hall–Kier alpha value is -0.610. The second-order valence-corrected chi connectivity index (χ2v) is 6.10. The van der Waals surface area contributed by atoms with E-state index in [1.807, 2.05) is 6.92 Å². The van der Waals surface area contributed by atoms with Gasteiger partial charge in [-0.25, -0.2) is 4.98 Å². The van der Waals surface area contributed by atoms with Crippen LogP contribution >= 0.6 is 22.9 Å². The van der Waals surface area contributed by atoms with Crippen LogP contribution in [0.25, 0.3) is 0 Å². The minimum atomic E-state index is -0.00387. The van der Waals surface area contributed by atoms with E-state index < -0.39 is 0 Å². The standard InChI is InChI=1S/C12H17ClN2OS/c1-8-14-7-11(17-8)12(16)15-6-10-4-2-3-9(10)5-13/h7,9-10H,2-6H2,1H3,(H,15,16). The Morgan fingerprint density at radius 2 is 2.35 bits per heavy atom. The number of hydrogen-bond donors (Lipinski definition) is 1. The van der Waals surface area contributed by atoms with Crippen molar-refractivity contribution < 1.29 is 4.79 Å². The highest BCUT2D eigenvalue weighted by Gasteiger charge is 2.26. The van der Waals surface area contributed by atoms with Gasteiger partial charge < -0.3 is 5.32 Å². The number of alkyl halides is 1. The third-order valence-electron chi connectivity index (χ3n) is 3.38. The van der Waals surface area contributed by atoms with E-state index in [1.165, 1.54) is 30.6 Å². The average Bonchev–Trinajstić information content (AvgIpc) is 2.94. The molecule has 0 spiro atoms. The SMILES string of the molecule is Cc1ncc(C(=O)NCC2CCCC2CCl)s1. The van der Waals surface area contributed by atoms with Crippen molar-refractivity contribution >= 4 is 28.8 Å². The molecule has 1 amide bonds. The molecule has 0 saturated heterocycles. The molecule has 0 aromatic carbocycles. The first-order valence-corrected chi connectivity index (χ1v) is 7.32. The molecule has 1 aliphatic rings. The molecule has 0 aliphatic heterocycles. The summed E-state index contributed by atoms with van der Waals surface area (Å²) in [4.78, 5) is 16.6. The van der Waals surface area contributed by atoms with Crippen molar-refractivity contribution in [2.24, 2.45) is 11.8 Å². The highest BCUT2D eigenvalue weighted by Crippen LogP contribution is 2.32.